The summed E-state index contributed by atoms with van der Waals surface area (Å²) in [5.74, 6) is -2.46. The zero-order valence-corrected chi connectivity index (χ0v) is 23.6. The van der Waals surface area contributed by atoms with Gasteiger partial charge in [0.1, 0.15) is 18.2 Å². The topological polar surface area (TPSA) is 96.4 Å². The summed E-state index contributed by atoms with van der Waals surface area (Å²) in [5, 5.41) is 10.4. The summed E-state index contributed by atoms with van der Waals surface area (Å²) in [4.78, 5) is 45.2. The van der Waals surface area contributed by atoms with Gasteiger partial charge in [-0.15, -0.1) is 6.58 Å². The molecule has 0 aromatic carbocycles. The van der Waals surface area contributed by atoms with E-state index in [4.69, 9.17) is 9.47 Å². The van der Waals surface area contributed by atoms with Crippen molar-refractivity contribution in [2.45, 2.75) is 93.5 Å². The zero-order valence-electron chi connectivity index (χ0n) is 22.0. The first kappa shape index (κ1) is 28.3. The minimum atomic E-state index is -1.16. The number of hydrogen-bond acceptors (Lipinski definition) is 6. The monoisotopic (exact) mass is 580 g/mol. The normalized spacial score (nSPS) is 33.9. The van der Waals surface area contributed by atoms with Crippen LogP contribution in [0.3, 0.4) is 0 Å². The number of carbonyl (C=O) groups is 3. The average molecular weight is 582 g/mol. The predicted molar refractivity (Wildman–Crippen MR) is 143 cm³/mol. The van der Waals surface area contributed by atoms with E-state index in [-0.39, 0.29) is 41.8 Å². The van der Waals surface area contributed by atoms with E-state index in [1.807, 2.05) is 18.7 Å². The Hall–Kier alpha value is -1.71. The van der Waals surface area contributed by atoms with Crippen molar-refractivity contribution in [2.75, 3.05) is 19.8 Å². The lowest BCUT2D eigenvalue weighted by Gasteiger charge is -2.42. The van der Waals surface area contributed by atoms with E-state index >= 15 is 0 Å². The highest BCUT2D eigenvalue weighted by Crippen LogP contribution is 2.61. The van der Waals surface area contributed by atoms with Crippen molar-refractivity contribution in [3.8, 4) is 0 Å². The molecule has 0 aromatic rings. The number of amides is 2. The second-order valence-electron chi connectivity index (χ2n) is 11.4. The smallest absolute Gasteiger partial charge is 0.312 e. The van der Waals surface area contributed by atoms with Gasteiger partial charge in [0, 0.05) is 17.4 Å². The van der Waals surface area contributed by atoms with E-state index in [1.54, 1.807) is 11.0 Å². The Morgan fingerprint density at radius 3 is 2.57 bits per heavy atom. The van der Waals surface area contributed by atoms with Gasteiger partial charge in [0.15, 0.2) is 0 Å². The molecule has 4 rings (SSSR count). The fraction of sp³-hybridized carbons (Fsp3) is 0.750. The highest BCUT2D eigenvalue weighted by Gasteiger charge is 2.77. The third kappa shape index (κ3) is 4.91. The number of likely N-dealkylation sites (tertiary alicyclic amines) is 1. The number of nitrogens with zero attached hydrogens (tertiary/aromatic N) is 2. The van der Waals surface area contributed by atoms with Crippen LogP contribution in [0.2, 0.25) is 0 Å². The number of aliphatic hydroxyl groups excluding tert-OH is 1. The summed E-state index contributed by atoms with van der Waals surface area (Å²) < 4.78 is 12.0. The number of hydrogen-bond donors (Lipinski definition) is 1. The molecule has 3 aliphatic heterocycles. The third-order valence-electron chi connectivity index (χ3n) is 8.55. The number of carbonyl (C=O) groups excluding carboxylic acids is 3. The van der Waals surface area contributed by atoms with E-state index in [2.05, 4.69) is 29.1 Å². The van der Waals surface area contributed by atoms with Gasteiger partial charge in [0.2, 0.25) is 11.8 Å². The molecule has 4 aliphatic rings. The van der Waals surface area contributed by atoms with Crippen molar-refractivity contribution in [1.82, 2.24) is 9.80 Å². The lowest BCUT2D eigenvalue weighted by atomic mass is 9.70. The summed E-state index contributed by atoms with van der Waals surface area (Å²) >= 11 is 3.69. The lowest BCUT2D eigenvalue weighted by Crippen LogP contribution is -2.60. The van der Waals surface area contributed by atoms with Gasteiger partial charge < -0.3 is 24.4 Å². The van der Waals surface area contributed by atoms with Gasteiger partial charge in [0.25, 0.3) is 0 Å². The summed E-state index contributed by atoms with van der Waals surface area (Å²) in [6, 6.07) is -1.42. The van der Waals surface area contributed by atoms with Crippen molar-refractivity contribution in [3.63, 3.8) is 0 Å². The summed E-state index contributed by atoms with van der Waals surface area (Å²) in [5.41, 5.74) is -1.16. The number of esters is 1. The number of alkyl halides is 1. The fourth-order valence-electron chi connectivity index (χ4n) is 7.17. The maximum absolute atomic E-state index is 14.6. The van der Waals surface area contributed by atoms with E-state index in [0.717, 1.165) is 32.1 Å². The largest absolute Gasteiger partial charge is 0.461 e. The second-order valence-corrected chi connectivity index (χ2v) is 12.5. The number of ether oxygens (including phenoxy) is 2. The van der Waals surface area contributed by atoms with Gasteiger partial charge in [-0.2, -0.15) is 0 Å². The molecule has 2 amide bonds. The molecule has 1 spiro atoms. The number of fused-ring (bicyclic) bond motifs is 1. The number of aliphatic hydroxyl groups is 1. The van der Waals surface area contributed by atoms with Gasteiger partial charge in [-0.25, -0.2) is 0 Å². The van der Waals surface area contributed by atoms with E-state index in [9.17, 15) is 19.5 Å². The number of halogens is 1. The van der Waals surface area contributed by atoms with E-state index < -0.39 is 41.6 Å². The van der Waals surface area contributed by atoms with Gasteiger partial charge >= 0.3 is 5.97 Å². The summed E-state index contributed by atoms with van der Waals surface area (Å²) in [6.45, 7) is 11.7. The predicted octanol–water partition coefficient (Wildman–Crippen LogP) is 3.22. The molecule has 7 atom stereocenters. The molecule has 3 heterocycles. The SMILES string of the molecule is C=CCOC(=O)[C@H]1[C@@H]2OC3(CC2Br)C(C(=O)N(CC=C)C2CCCCC2)N([C@@H](CO)CC(C)C)C(=O)[C@H]13. The van der Waals surface area contributed by atoms with Crippen LogP contribution >= 0.6 is 15.9 Å². The molecular formula is C28H41BrN2O6. The quantitative estimate of drug-likeness (QED) is 0.229. The molecular weight excluding hydrogens is 540 g/mol. The van der Waals surface area contributed by atoms with Gasteiger partial charge in [0.05, 0.1) is 30.6 Å². The van der Waals surface area contributed by atoms with Crippen molar-refractivity contribution >= 4 is 33.7 Å². The first-order valence-corrected chi connectivity index (χ1v) is 14.6. The Kier molecular flexibility index (Phi) is 8.86. The third-order valence-corrected chi connectivity index (χ3v) is 9.39. The van der Waals surface area contributed by atoms with Crippen molar-refractivity contribution in [2.24, 2.45) is 17.8 Å². The molecule has 0 aromatic heterocycles. The van der Waals surface area contributed by atoms with Crippen LogP contribution in [0.15, 0.2) is 25.3 Å². The van der Waals surface area contributed by atoms with Crippen molar-refractivity contribution in [3.05, 3.63) is 25.3 Å². The van der Waals surface area contributed by atoms with Crippen LogP contribution in [-0.2, 0) is 23.9 Å². The number of rotatable bonds is 11. The molecule has 0 radical (unpaired) electrons. The Balaban J connectivity index is 1.79. The van der Waals surface area contributed by atoms with E-state index in [0.29, 0.717) is 19.4 Å². The highest BCUT2D eigenvalue weighted by atomic mass is 79.9. The Bertz CT molecular complexity index is 905. The van der Waals surface area contributed by atoms with Crippen LogP contribution in [0.1, 0.15) is 58.8 Å². The summed E-state index contributed by atoms with van der Waals surface area (Å²) in [7, 11) is 0. The first-order valence-electron chi connectivity index (χ1n) is 13.7. The Labute approximate surface area is 228 Å². The molecule has 1 aliphatic carbocycles. The average Bonchev–Trinajstić information content (AvgIpc) is 3.47. The molecule has 8 nitrogen and oxygen atoms in total. The van der Waals surface area contributed by atoms with Crippen molar-refractivity contribution < 1.29 is 29.0 Å². The van der Waals surface area contributed by atoms with Crippen molar-refractivity contribution in [1.29, 1.82) is 0 Å². The second kappa shape index (κ2) is 11.6. The maximum Gasteiger partial charge on any atom is 0.312 e. The highest BCUT2D eigenvalue weighted by molar-refractivity contribution is 9.09. The lowest BCUT2D eigenvalue weighted by molar-refractivity contribution is -0.156. The molecule has 3 unspecified atom stereocenters. The fourth-order valence-corrected chi connectivity index (χ4v) is 8.12. The van der Waals surface area contributed by atoms with Crippen LogP contribution in [0.5, 0.6) is 0 Å². The Morgan fingerprint density at radius 1 is 1.27 bits per heavy atom. The Morgan fingerprint density at radius 2 is 1.97 bits per heavy atom. The molecule has 1 saturated carbocycles. The molecule has 4 fully saturated rings. The van der Waals surface area contributed by atoms with Crippen LogP contribution in [0.25, 0.3) is 0 Å². The first-order chi connectivity index (χ1) is 17.7. The van der Waals surface area contributed by atoms with Crippen LogP contribution in [0, 0.1) is 17.8 Å². The molecule has 2 bridgehead atoms. The zero-order chi connectivity index (χ0) is 26.9. The van der Waals surface area contributed by atoms with Crippen LogP contribution < -0.4 is 0 Å². The molecule has 206 valence electrons. The van der Waals surface area contributed by atoms with Gasteiger partial charge in [-0.05, 0) is 31.6 Å². The minimum Gasteiger partial charge on any atom is -0.461 e. The maximum atomic E-state index is 14.6. The minimum absolute atomic E-state index is 0.0381. The molecule has 37 heavy (non-hydrogen) atoms. The van der Waals surface area contributed by atoms with Gasteiger partial charge in [-0.1, -0.05) is 67.8 Å². The molecule has 9 heteroatoms. The standard InChI is InChI=1S/C28H41BrN2O6/c1-5-12-30(18-10-8-7-9-11-18)26(34)24-28-15-20(29)23(37-28)21(27(35)36-13-6-2)22(28)25(33)31(24)19(16-32)14-17(3)4/h5-6,17-24,32H,1-2,7-16H2,3-4H3/t19-,20?,21-,22+,23-,24?,28?/m1/s1. The summed E-state index contributed by atoms with van der Waals surface area (Å²) in [6.07, 6.45) is 8.70. The van der Waals surface area contributed by atoms with Crippen LogP contribution in [0.4, 0.5) is 0 Å². The molecule has 1 N–H and O–H groups in total. The van der Waals surface area contributed by atoms with Crippen LogP contribution in [-0.4, -0.2) is 87.1 Å². The van der Waals surface area contributed by atoms with E-state index in [1.165, 1.54) is 6.08 Å². The van der Waals surface area contributed by atoms with Gasteiger partial charge in [-0.3, -0.25) is 14.4 Å². The molecule has 3 saturated heterocycles.